The number of aryl methyl sites for hydroxylation is 1. The Labute approximate surface area is 122 Å². The molecule has 0 bridgehead atoms. The summed E-state index contributed by atoms with van der Waals surface area (Å²) >= 11 is 5.94. The molecular weight excluding hydrogens is 302 g/mol. The number of nitrogens with two attached hydrogens (primary N) is 1. The quantitative estimate of drug-likeness (QED) is 0.872. The first-order valence-electron chi connectivity index (χ1n) is 5.74. The predicted molar refractivity (Wildman–Crippen MR) is 75.8 cm³/mol. The van der Waals surface area contributed by atoms with E-state index in [1.165, 1.54) is 19.2 Å². The van der Waals surface area contributed by atoms with Gasteiger partial charge in [-0.2, -0.15) is 4.31 Å². The average Bonchev–Trinajstić information content (AvgIpc) is 2.77. The van der Waals surface area contributed by atoms with Gasteiger partial charge in [0.15, 0.2) is 0 Å². The lowest BCUT2D eigenvalue weighted by atomic mass is 10.3. The Bertz CT molecular complexity index is 727. The Hall–Kier alpha value is -1.57. The first-order chi connectivity index (χ1) is 9.30. The molecule has 0 aliphatic heterocycles. The van der Waals surface area contributed by atoms with Crippen molar-refractivity contribution in [1.82, 2.24) is 9.46 Å². The summed E-state index contributed by atoms with van der Waals surface area (Å²) in [7, 11) is -2.30. The van der Waals surface area contributed by atoms with Crippen molar-refractivity contribution in [2.75, 3.05) is 12.8 Å². The van der Waals surface area contributed by atoms with Crippen LogP contribution in [0.4, 0.5) is 5.69 Å². The fraction of sp³-hybridized carbons (Fsp3) is 0.250. The molecule has 1 heterocycles. The largest absolute Gasteiger partial charge is 0.399 e. The van der Waals surface area contributed by atoms with Gasteiger partial charge in [0.05, 0.1) is 17.3 Å². The lowest BCUT2D eigenvalue weighted by Crippen LogP contribution is -2.27. The minimum atomic E-state index is -3.74. The number of hydrogen-bond donors (Lipinski definition) is 1. The molecule has 0 saturated carbocycles. The van der Waals surface area contributed by atoms with Gasteiger partial charge in [-0.15, -0.1) is 0 Å². The molecular formula is C12H14ClN3O3S. The highest BCUT2D eigenvalue weighted by atomic mass is 35.5. The molecule has 6 nitrogen and oxygen atoms in total. The molecule has 0 spiro atoms. The molecule has 2 rings (SSSR count). The number of anilines is 1. The van der Waals surface area contributed by atoms with Gasteiger partial charge in [-0.1, -0.05) is 16.8 Å². The molecule has 2 aromatic rings. The van der Waals surface area contributed by atoms with Crippen molar-refractivity contribution >= 4 is 27.3 Å². The molecule has 1 aromatic carbocycles. The number of sulfonamides is 1. The normalized spacial score (nSPS) is 12.0. The zero-order valence-corrected chi connectivity index (χ0v) is 12.6. The van der Waals surface area contributed by atoms with Gasteiger partial charge < -0.3 is 10.3 Å². The van der Waals surface area contributed by atoms with Crippen LogP contribution in [0.1, 0.15) is 11.5 Å². The molecule has 0 aliphatic rings. The number of halogens is 1. The molecule has 8 heteroatoms. The average molecular weight is 316 g/mol. The third-order valence-corrected chi connectivity index (χ3v) is 4.99. The van der Waals surface area contributed by atoms with Crippen molar-refractivity contribution in [3.8, 4) is 0 Å². The van der Waals surface area contributed by atoms with Crippen LogP contribution in [0, 0.1) is 6.92 Å². The van der Waals surface area contributed by atoms with Crippen molar-refractivity contribution in [2.24, 2.45) is 0 Å². The van der Waals surface area contributed by atoms with Crippen molar-refractivity contribution < 1.29 is 12.9 Å². The molecule has 0 aliphatic carbocycles. The Balaban J connectivity index is 2.32. The summed E-state index contributed by atoms with van der Waals surface area (Å²) < 4.78 is 30.9. The monoisotopic (exact) mass is 315 g/mol. The summed E-state index contributed by atoms with van der Waals surface area (Å²) in [5, 5.41) is 3.89. The number of hydrogen-bond acceptors (Lipinski definition) is 5. The molecule has 0 amide bonds. The maximum Gasteiger partial charge on any atom is 0.244 e. The second-order valence-corrected chi connectivity index (χ2v) is 6.80. The van der Waals surface area contributed by atoms with E-state index in [2.05, 4.69) is 5.16 Å². The second kappa shape index (κ2) is 5.43. The van der Waals surface area contributed by atoms with Gasteiger partial charge in [-0.3, -0.25) is 0 Å². The van der Waals surface area contributed by atoms with Gasteiger partial charge >= 0.3 is 0 Å². The zero-order chi connectivity index (χ0) is 14.9. The summed E-state index contributed by atoms with van der Waals surface area (Å²) in [4.78, 5) is -0.0260. The van der Waals surface area contributed by atoms with E-state index in [4.69, 9.17) is 21.9 Å². The molecule has 0 fully saturated rings. The van der Waals surface area contributed by atoms with Gasteiger partial charge in [0.2, 0.25) is 10.0 Å². The van der Waals surface area contributed by atoms with E-state index in [1.54, 1.807) is 19.1 Å². The Kier molecular flexibility index (Phi) is 4.03. The lowest BCUT2D eigenvalue weighted by Gasteiger charge is -2.17. The van der Waals surface area contributed by atoms with Crippen LogP contribution in [0.5, 0.6) is 0 Å². The fourth-order valence-corrected chi connectivity index (χ4v) is 3.34. The first-order valence-corrected chi connectivity index (χ1v) is 7.56. The lowest BCUT2D eigenvalue weighted by molar-refractivity contribution is 0.378. The molecule has 0 unspecified atom stereocenters. The number of benzene rings is 1. The highest BCUT2D eigenvalue weighted by Crippen LogP contribution is 2.26. The first kappa shape index (κ1) is 14.8. The summed E-state index contributed by atoms with van der Waals surface area (Å²) in [6.45, 7) is 1.82. The number of nitrogen functional groups attached to an aromatic ring is 1. The van der Waals surface area contributed by atoms with E-state index in [0.717, 1.165) is 4.31 Å². The molecule has 1 aromatic heterocycles. The Morgan fingerprint density at radius 2 is 2.10 bits per heavy atom. The van der Waals surface area contributed by atoms with Gasteiger partial charge in [0.1, 0.15) is 10.7 Å². The van der Waals surface area contributed by atoms with Gasteiger partial charge in [-0.25, -0.2) is 8.42 Å². The molecule has 2 N–H and O–H groups in total. The molecule has 0 atom stereocenters. The SMILES string of the molecule is Cc1cc(CN(C)S(=O)(=O)c2cc(N)ccc2Cl)no1. The standard InChI is InChI=1S/C12H14ClN3O3S/c1-8-5-10(15-19-8)7-16(2)20(17,18)12-6-9(14)3-4-11(12)13/h3-6H,7,14H2,1-2H3. The molecule has 108 valence electrons. The van der Waals surface area contributed by atoms with Gasteiger partial charge in [0.25, 0.3) is 0 Å². The van der Waals surface area contributed by atoms with Crippen molar-refractivity contribution in [3.63, 3.8) is 0 Å². The van der Waals surface area contributed by atoms with Crippen molar-refractivity contribution in [3.05, 3.63) is 40.7 Å². The number of rotatable bonds is 4. The van der Waals surface area contributed by atoms with E-state index >= 15 is 0 Å². The van der Waals surface area contributed by atoms with Crippen molar-refractivity contribution in [1.29, 1.82) is 0 Å². The zero-order valence-electron chi connectivity index (χ0n) is 11.0. The summed E-state index contributed by atoms with van der Waals surface area (Å²) in [5.41, 5.74) is 6.47. The second-order valence-electron chi connectivity index (χ2n) is 4.38. The highest BCUT2D eigenvalue weighted by molar-refractivity contribution is 7.89. The molecule has 0 saturated heterocycles. The maximum absolute atomic E-state index is 12.4. The fourth-order valence-electron chi connectivity index (χ4n) is 1.69. The topological polar surface area (TPSA) is 89.4 Å². The Morgan fingerprint density at radius 3 is 2.70 bits per heavy atom. The van der Waals surface area contributed by atoms with E-state index < -0.39 is 10.0 Å². The van der Waals surface area contributed by atoms with E-state index in [9.17, 15) is 8.42 Å². The minimum absolute atomic E-state index is 0.0260. The Morgan fingerprint density at radius 1 is 1.40 bits per heavy atom. The van der Waals surface area contributed by atoms with E-state index in [1.807, 2.05) is 0 Å². The third kappa shape index (κ3) is 2.95. The van der Waals surface area contributed by atoms with Crippen LogP contribution < -0.4 is 5.73 Å². The summed E-state index contributed by atoms with van der Waals surface area (Å²) in [6, 6.07) is 6.01. The number of nitrogens with zero attached hydrogens (tertiary/aromatic N) is 2. The third-order valence-electron chi connectivity index (χ3n) is 2.70. The van der Waals surface area contributed by atoms with Crippen LogP contribution in [0.2, 0.25) is 5.02 Å². The molecule has 0 radical (unpaired) electrons. The van der Waals surface area contributed by atoms with Crippen LogP contribution in [0.15, 0.2) is 33.7 Å². The summed E-state index contributed by atoms with van der Waals surface area (Å²) in [5.74, 6) is 0.618. The van der Waals surface area contributed by atoms with Crippen molar-refractivity contribution in [2.45, 2.75) is 18.4 Å². The van der Waals surface area contributed by atoms with Gasteiger partial charge in [-0.05, 0) is 25.1 Å². The predicted octanol–water partition coefficient (Wildman–Crippen LogP) is 2.04. The summed E-state index contributed by atoms with van der Waals surface area (Å²) in [6.07, 6.45) is 0. The molecule has 20 heavy (non-hydrogen) atoms. The van der Waals surface area contributed by atoms with Crippen LogP contribution in [0.3, 0.4) is 0 Å². The van der Waals surface area contributed by atoms with Gasteiger partial charge in [0, 0.05) is 18.8 Å². The smallest absolute Gasteiger partial charge is 0.244 e. The number of aromatic nitrogens is 1. The maximum atomic E-state index is 12.4. The van der Waals surface area contributed by atoms with Crippen LogP contribution >= 0.6 is 11.6 Å². The van der Waals surface area contributed by atoms with Crippen LogP contribution in [0.25, 0.3) is 0 Å². The minimum Gasteiger partial charge on any atom is -0.399 e. The van der Waals surface area contributed by atoms with Crippen LogP contribution in [-0.2, 0) is 16.6 Å². The van der Waals surface area contributed by atoms with Crippen LogP contribution in [-0.4, -0.2) is 24.9 Å². The highest BCUT2D eigenvalue weighted by Gasteiger charge is 2.24. The van der Waals surface area contributed by atoms with E-state index in [0.29, 0.717) is 17.1 Å². The van der Waals surface area contributed by atoms with E-state index in [-0.39, 0.29) is 16.5 Å².